The summed E-state index contributed by atoms with van der Waals surface area (Å²) in [4.78, 5) is 27.9. The molecule has 1 aromatic carbocycles. The van der Waals surface area contributed by atoms with Crippen molar-refractivity contribution in [3.05, 3.63) is 53.7 Å². The van der Waals surface area contributed by atoms with Crippen LogP contribution in [0.1, 0.15) is 16.1 Å². The predicted octanol–water partition coefficient (Wildman–Crippen LogP) is 1.34. The maximum atomic E-state index is 12.9. The average molecular weight is 317 g/mol. The highest BCUT2D eigenvalue weighted by Gasteiger charge is 2.25. The van der Waals surface area contributed by atoms with Gasteiger partial charge in [-0.25, -0.2) is 4.39 Å². The lowest BCUT2D eigenvalue weighted by Crippen LogP contribution is -2.51. The second-order valence-corrected chi connectivity index (χ2v) is 5.35. The molecule has 1 aliphatic heterocycles. The summed E-state index contributed by atoms with van der Waals surface area (Å²) < 4.78 is 17.6. The summed E-state index contributed by atoms with van der Waals surface area (Å²) >= 11 is 0. The van der Waals surface area contributed by atoms with E-state index in [9.17, 15) is 14.0 Å². The predicted molar refractivity (Wildman–Crippen MR) is 79.1 cm³/mol. The molecule has 6 nitrogen and oxygen atoms in total. The quantitative estimate of drug-likeness (QED) is 0.857. The zero-order chi connectivity index (χ0) is 16.2. The number of nitrogens with zero attached hydrogens (tertiary/aromatic N) is 3. The number of rotatable bonds is 3. The highest BCUT2D eigenvalue weighted by molar-refractivity contribution is 5.94. The SMILES string of the molecule is O=C(Cc1ccon1)N1CCN(C(=O)c2ccc(F)cc2)CC1. The normalized spacial score (nSPS) is 14.8. The molecule has 0 bridgehead atoms. The minimum absolute atomic E-state index is 0.0345. The molecule has 0 radical (unpaired) electrons. The molecule has 7 heteroatoms. The van der Waals surface area contributed by atoms with E-state index >= 15 is 0 Å². The maximum absolute atomic E-state index is 12.9. The molecular weight excluding hydrogens is 301 g/mol. The minimum atomic E-state index is -0.371. The van der Waals surface area contributed by atoms with Gasteiger partial charge >= 0.3 is 0 Å². The molecule has 0 spiro atoms. The van der Waals surface area contributed by atoms with Gasteiger partial charge in [0.25, 0.3) is 5.91 Å². The van der Waals surface area contributed by atoms with E-state index in [-0.39, 0.29) is 24.1 Å². The Balaban J connectivity index is 1.54. The maximum Gasteiger partial charge on any atom is 0.253 e. The molecule has 1 fully saturated rings. The fourth-order valence-electron chi connectivity index (χ4n) is 2.53. The third-order valence-electron chi connectivity index (χ3n) is 3.83. The Hall–Kier alpha value is -2.70. The van der Waals surface area contributed by atoms with Crippen molar-refractivity contribution in [1.82, 2.24) is 15.0 Å². The third kappa shape index (κ3) is 3.56. The fraction of sp³-hybridized carbons (Fsp3) is 0.312. The van der Waals surface area contributed by atoms with E-state index in [4.69, 9.17) is 4.52 Å². The Morgan fingerprint density at radius 1 is 1.04 bits per heavy atom. The molecule has 2 amide bonds. The molecule has 23 heavy (non-hydrogen) atoms. The largest absolute Gasteiger partial charge is 0.364 e. The summed E-state index contributed by atoms with van der Waals surface area (Å²) in [5.74, 6) is -0.550. The highest BCUT2D eigenvalue weighted by Crippen LogP contribution is 2.11. The van der Waals surface area contributed by atoms with Gasteiger partial charge < -0.3 is 14.3 Å². The van der Waals surface area contributed by atoms with Crippen LogP contribution >= 0.6 is 0 Å². The van der Waals surface area contributed by atoms with Gasteiger partial charge in [0.2, 0.25) is 5.91 Å². The molecule has 0 atom stereocenters. The third-order valence-corrected chi connectivity index (χ3v) is 3.83. The molecule has 1 saturated heterocycles. The number of benzene rings is 1. The number of hydrogen-bond acceptors (Lipinski definition) is 4. The van der Waals surface area contributed by atoms with Crippen LogP contribution in [0.3, 0.4) is 0 Å². The topological polar surface area (TPSA) is 66.7 Å². The van der Waals surface area contributed by atoms with Gasteiger partial charge in [0.15, 0.2) is 0 Å². The van der Waals surface area contributed by atoms with Crippen LogP contribution in [-0.4, -0.2) is 52.9 Å². The Labute approximate surface area is 132 Å². The van der Waals surface area contributed by atoms with Crippen LogP contribution in [0.25, 0.3) is 0 Å². The summed E-state index contributed by atoms with van der Waals surface area (Å²) in [7, 11) is 0. The fourth-order valence-corrected chi connectivity index (χ4v) is 2.53. The summed E-state index contributed by atoms with van der Waals surface area (Å²) in [6, 6.07) is 7.14. The van der Waals surface area contributed by atoms with E-state index in [0.29, 0.717) is 37.4 Å². The van der Waals surface area contributed by atoms with Gasteiger partial charge in [-0.3, -0.25) is 9.59 Å². The van der Waals surface area contributed by atoms with Gasteiger partial charge in [0.1, 0.15) is 12.1 Å². The van der Waals surface area contributed by atoms with E-state index in [1.54, 1.807) is 15.9 Å². The molecule has 1 aromatic heterocycles. The van der Waals surface area contributed by atoms with Crippen LogP contribution in [0.4, 0.5) is 4.39 Å². The van der Waals surface area contributed by atoms with Crippen LogP contribution in [0.5, 0.6) is 0 Å². The summed E-state index contributed by atoms with van der Waals surface area (Å²) in [5, 5.41) is 3.72. The number of amides is 2. The molecule has 2 aromatic rings. The van der Waals surface area contributed by atoms with E-state index in [1.807, 2.05) is 0 Å². The Kier molecular flexibility index (Phi) is 4.36. The first kappa shape index (κ1) is 15.2. The zero-order valence-electron chi connectivity index (χ0n) is 12.4. The number of aromatic nitrogens is 1. The number of carbonyl (C=O) groups excluding carboxylic acids is 2. The molecule has 0 saturated carbocycles. The van der Waals surface area contributed by atoms with Crippen LogP contribution in [-0.2, 0) is 11.2 Å². The van der Waals surface area contributed by atoms with Crippen molar-refractivity contribution in [2.45, 2.75) is 6.42 Å². The second kappa shape index (κ2) is 6.60. The van der Waals surface area contributed by atoms with Crippen LogP contribution in [0.2, 0.25) is 0 Å². The monoisotopic (exact) mass is 317 g/mol. The summed E-state index contributed by atoms with van der Waals surface area (Å²) in [5.41, 5.74) is 1.05. The van der Waals surface area contributed by atoms with Crippen molar-refractivity contribution in [2.75, 3.05) is 26.2 Å². The van der Waals surface area contributed by atoms with E-state index in [0.717, 1.165) is 0 Å². The van der Waals surface area contributed by atoms with E-state index in [2.05, 4.69) is 5.16 Å². The molecule has 1 aliphatic rings. The highest BCUT2D eigenvalue weighted by atomic mass is 19.1. The molecule has 0 aliphatic carbocycles. The summed E-state index contributed by atoms with van der Waals surface area (Å²) in [6.45, 7) is 1.87. The summed E-state index contributed by atoms with van der Waals surface area (Å²) in [6.07, 6.45) is 1.63. The van der Waals surface area contributed by atoms with Gasteiger partial charge in [0.05, 0.1) is 12.1 Å². The van der Waals surface area contributed by atoms with E-state index < -0.39 is 0 Å². The van der Waals surface area contributed by atoms with Gasteiger partial charge in [-0.05, 0) is 24.3 Å². The Bertz CT molecular complexity index is 677. The number of hydrogen-bond donors (Lipinski definition) is 0. The minimum Gasteiger partial charge on any atom is -0.364 e. The van der Waals surface area contributed by atoms with Crippen molar-refractivity contribution in [3.63, 3.8) is 0 Å². The van der Waals surface area contributed by atoms with Gasteiger partial charge in [-0.1, -0.05) is 5.16 Å². The molecule has 120 valence electrons. The van der Waals surface area contributed by atoms with Crippen molar-refractivity contribution in [2.24, 2.45) is 0 Å². The van der Waals surface area contributed by atoms with Crippen molar-refractivity contribution >= 4 is 11.8 Å². The zero-order valence-corrected chi connectivity index (χ0v) is 12.4. The lowest BCUT2D eigenvalue weighted by atomic mass is 10.1. The Morgan fingerprint density at radius 3 is 2.30 bits per heavy atom. The molecule has 0 unspecified atom stereocenters. The van der Waals surface area contributed by atoms with Gasteiger partial charge in [-0.15, -0.1) is 0 Å². The lowest BCUT2D eigenvalue weighted by molar-refractivity contribution is -0.132. The standard InChI is InChI=1S/C16H16FN3O3/c17-13-3-1-12(2-4-13)16(22)20-8-6-19(7-9-20)15(21)11-14-5-10-23-18-14/h1-5,10H,6-9,11H2. The first-order valence-electron chi connectivity index (χ1n) is 7.35. The Morgan fingerprint density at radius 2 is 1.70 bits per heavy atom. The molecule has 3 rings (SSSR count). The van der Waals surface area contributed by atoms with Crippen LogP contribution < -0.4 is 0 Å². The van der Waals surface area contributed by atoms with Crippen LogP contribution in [0.15, 0.2) is 41.1 Å². The van der Waals surface area contributed by atoms with E-state index in [1.165, 1.54) is 30.5 Å². The average Bonchev–Trinajstić information content (AvgIpc) is 3.08. The first-order chi connectivity index (χ1) is 11.1. The lowest BCUT2D eigenvalue weighted by Gasteiger charge is -2.34. The number of piperazine rings is 1. The number of halogens is 1. The first-order valence-corrected chi connectivity index (χ1v) is 7.35. The van der Waals surface area contributed by atoms with Crippen molar-refractivity contribution in [3.8, 4) is 0 Å². The van der Waals surface area contributed by atoms with Gasteiger partial charge in [0, 0.05) is 37.8 Å². The second-order valence-electron chi connectivity index (χ2n) is 5.35. The van der Waals surface area contributed by atoms with Gasteiger partial charge in [-0.2, -0.15) is 0 Å². The molecule has 0 N–H and O–H groups in total. The molecular formula is C16H16FN3O3. The number of carbonyl (C=O) groups is 2. The smallest absolute Gasteiger partial charge is 0.253 e. The van der Waals surface area contributed by atoms with Crippen molar-refractivity contribution < 1.29 is 18.5 Å². The van der Waals surface area contributed by atoms with Crippen molar-refractivity contribution in [1.29, 1.82) is 0 Å². The van der Waals surface area contributed by atoms with Crippen LogP contribution in [0, 0.1) is 5.82 Å². The molecule has 2 heterocycles.